The lowest BCUT2D eigenvalue weighted by Crippen LogP contribution is -2.03. The van der Waals surface area contributed by atoms with Crippen LogP contribution in [-0.2, 0) is 0 Å². The van der Waals surface area contributed by atoms with Gasteiger partial charge in [-0.25, -0.2) is 9.97 Å². The van der Waals surface area contributed by atoms with Crippen molar-refractivity contribution in [1.29, 1.82) is 0 Å². The zero-order valence-corrected chi connectivity index (χ0v) is 26.2. The van der Waals surface area contributed by atoms with Crippen LogP contribution >= 0.6 is 0 Å². The van der Waals surface area contributed by atoms with E-state index in [1.807, 2.05) is 30.5 Å². The van der Waals surface area contributed by atoms with Crippen molar-refractivity contribution in [3.05, 3.63) is 151 Å². The van der Waals surface area contributed by atoms with E-state index in [-0.39, 0.29) is 0 Å². The highest BCUT2D eigenvalue weighted by molar-refractivity contribution is 6.26. The lowest BCUT2D eigenvalue weighted by molar-refractivity contribution is 0.666. The minimum atomic E-state index is 0.602. The maximum Gasteiger partial charge on any atom is 0.236 e. The van der Waals surface area contributed by atoms with E-state index in [9.17, 15) is 0 Å². The Morgan fingerprint density at radius 2 is 1.37 bits per heavy atom. The second-order valence-corrected chi connectivity index (χ2v) is 12.6. The van der Waals surface area contributed by atoms with Crippen molar-refractivity contribution in [3.63, 3.8) is 0 Å². The molecule has 0 atom stereocenters. The molecule has 0 unspecified atom stereocenters. The Balaban J connectivity index is 1.29. The van der Waals surface area contributed by atoms with Crippen molar-refractivity contribution < 1.29 is 4.42 Å². The van der Waals surface area contributed by atoms with E-state index in [1.165, 1.54) is 21.7 Å². The Hall–Kier alpha value is -6.66. The Morgan fingerprint density at radius 1 is 0.612 bits per heavy atom. The van der Waals surface area contributed by atoms with Gasteiger partial charge < -0.3 is 14.3 Å². The molecular formula is C43H26N5O-. The molecule has 0 aliphatic carbocycles. The first kappa shape index (κ1) is 26.4. The van der Waals surface area contributed by atoms with Crippen molar-refractivity contribution in [2.75, 3.05) is 6.54 Å². The second-order valence-electron chi connectivity index (χ2n) is 12.6. The molecule has 11 rings (SSSR count). The van der Waals surface area contributed by atoms with Gasteiger partial charge in [-0.05, 0) is 53.2 Å². The van der Waals surface area contributed by atoms with Crippen LogP contribution in [-0.4, -0.2) is 25.6 Å². The maximum absolute atomic E-state index is 6.51. The molecule has 0 saturated heterocycles. The fraction of sp³-hybridized carbons (Fsp3) is 0.0233. The quantitative estimate of drug-likeness (QED) is 0.196. The molecule has 6 nitrogen and oxygen atoms in total. The number of hydrogen-bond acceptors (Lipinski definition) is 3. The fourth-order valence-corrected chi connectivity index (χ4v) is 7.79. The van der Waals surface area contributed by atoms with Crippen LogP contribution in [0, 0.1) is 0 Å². The van der Waals surface area contributed by atoms with Gasteiger partial charge in [0.05, 0.1) is 22.1 Å². The van der Waals surface area contributed by atoms with Crippen molar-refractivity contribution in [2.45, 2.75) is 0 Å². The molecule has 5 heterocycles. The topological polar surface area (TPSA) is 62.9 Å². The van der Waals surface area contributed by atoms with Gasteiger partial charge in [0.15, 0.2) is 5.58 Å². The minimum absolute atomic E-state index is 0.602. The Morgan fingerprint density at radius 3 is 2.22 bits per heavy atom. The number of fused-ring (bicyclic) bond motifs is 11. The Bertz CT molecular complexity index is 3060. The van der Waals surface area contributed by atoms with Crippen molar-refractivity contribution in [1.82, 2.24) is 19.1 Å². The molecule has 1 aliphatic rings. The van der Waals surface area contributed by atoms with Crippen LogP contribution in [0.25, 0.3) is 105 Å². The van der Waals surface area contributed by atoms with Crippen LogP contribution in [0.2, 0.25) is 0 Å². The predicted octanol–water partition coefficient (Wildman–Crippen LogP) is 11.1. The molecule has 0 radical (unpaired) electrons. The van der Waals surface area contributed by atoms with E-state index in [4.69, 9.17) is 14.4 Å². The molecule has 0 fully saturated rings. The number of rotatable bonds is 3. The van der Waals surface area contributed by atoms with Crippen LogP contribution in [0.4, 0.5) is 0 Å². The number of aromatic nitrogens is 4. The van der Waals surface area contributed by atoms with E-state index in [0.717, 1.165) is 66.1 Å². The van der Waals surface area contributed by atoms with Gasteiger partial charge in [0, 0.05) is 38.2 Å². The highest BCUT2D eigenvalue weighted by Crippen LogP contribution is 2.43. The van der Waals surface area contributed by atoms with E-state index in [0.29, 0.717) is 18.1 Å². The summed E-state index contributed by atoms with van der Waals surface area (Å²) in [5.74, 6) is 0.602. The molecule has 1 aliphatic heterocycles. The molecule has 0 bridgehead atoms. The molecule has 10 aromatic rings. The second kappa shape index (κ2) is 9.92. The molecule has 6 aromatic carbocycles. The van der Waals surface area contributed by atoms with Crippen LogP contribution in [0.5, 0.6) is 0 Å². The van der Waals surface area contributed by atoms with Crippen molar-refractivity contribution in [3.8, 4) is 17.2 Å². The molecule has 230 valence electrons. The van der Waals surface area contributed by atoms with Crippen molar-refractivity contribution in [2.24, 2.45) is 0 Å². The molecule has 0 spiro atoms. The number of benzene rings is 6. The summed E-state index contributed by atoms with van der Waals surface area (Å²) in [6.07, 6.45) is 6.07. The smallest absolute Gasteiger partial charge is 0.236 e. The van der Waals surface area contributed by atoms with E-state index < -0.39 is 0 Å². The highest BCUT2D eigenvalue weighted by atomic mass is 16.3. The summed E-state index contributed by atoms with van der Waals surface area (Å²) in [5.41, 5.74) is 9.57. The van der Waals surface area contributed by atoms with Gasteiger partial charge in [-0.2, -0.15) is 6.20 Å². The Labute approximate surface area is 279 Å². The van der Waals surface area contributed by atoms with Gasteiger partial charge in [-0.3, -0.25) is 4.57 Å². The third-order valence-corrected chi connectivity index (χ3v) is 9.92. The largest absolute Gasteiger partial charge is 0.686 e. The third kappa shape index (κ3) is 3.71. The number of allylic oxidation sites excluding steroid dienone is 2. The zero-order chi connectivity index (χ0) is 32.1. The summed E-state index contributed by atoms with van der Waals surface area (Å²) in [4.78, 5) is 10.7. The van der Waals surface area contributed by atoms with E-state index in [1.54, 1.807) is 0 Å². The van der Waals surface area contributed by atoms with E-state index >= 15 is 0 Å². The van der Waals surface area contributed by atoms with Gasteiger partial charge in [-0.15, -0.1) is 0 Å². The monoisotopic (exact) mass is 628 g/mol. The van der Waals surface area contributed by atoms with Gasteiger partial charge in [0.25, 0.3) is 0 Å². The third-order valence-electron chi connectivity index (χ3n) is 9.92. The average Bonchev–Trinajstić information content (AvgIpc) is 3.82. The summed E-state index contributed by atoms with van der Waals surface area (Å²) >= 11 is 0. The van der Waals surface area contributed by atoms with Crippen LogP contribution < -0.4 is 0 Å². The first-order valence-corrected chi connectivity index (χ1v) is 16.5. The summed E-state index contributed by atoms with van der Waals surface area (Å²) < 4.78 is 11.1. The summed E-state index contributed by atoms with van der Waals surface area (Å²) in [6, 6.07) is 44.7. The number of furan rings is 1. The van der Waals surface area contributed by atoms with Crippen LogP contribution in [0.3, 0.4) is 0 Å². The van der Waals surface area contributed by atoms with Crippen LogP contribution in [0.1, 0.15) is 0 Å². The highest BCUT2D eigenvalue weighted by Gasteiger charge is 2.24. The van der Waals surface area contributed by atoms with Gasteiger partial charge in [0.1, 0.15) is 16.8 Å². The molecule has 6 heteroatoms. The van der Waals surface area contributed by atoms with Gasteiger partial charge in [0.2, 0.25) is 5.95 Å². The number of nitrogens with zero attached hydrogens (tertiary/aromatic N) is 5. The number of hydrogen-bond donors (Lipinski definition) is 0. The van der Waals surface area contributed by atoms with Gasteiger partial charge in [-0.1, -0.05) is 104 Å². The summed E-state index contributed by atoms with van der Waals surface area (Å²) in [6.45, 7) is 0.613. The average molecular weight is 629 g/mol. The summed E-state index contributed by atoms with van der Waals surface area (Å²) in [7, 11) is 0. The molecule has 0 saturated carbocycles. The minimum Gasteiger partial charge on any atom is -0.686 e. The lowest BCUT2D eigenvalue weighted by atomic mass is 10.0. The predicted molar refractivity (Wildman–Crippen MR) is 201 cm³/mol. The molecule has 0 N–H and O–H groups in total. The van der Waals surface area contributed by atoms with E-state index in [2.05, 4.69) is 130 Å². The standard InChI is InChI=1S/C43H26N5O/c1-2-11-27-24-28(20-19-26(27)10-1)39-42-40(33-15-5-8-18-37(33)49-42)46-43(45-39)48-35-17-7-4-14-32(35)38-36(48)22-21-31-30-13-3-6-16-34(30)47(41(31)38)29-12-9-23-44-25-29/h1-24H,25H2/q-1. The molecule has 4 aromatic heterocycles. The first-order valence-electron chi connectivity index (χ1n) is 16.5. The number of para-hydroxylation sites is 3. The Kier molecular flexibility index (Phi) is 5.35. The maximum atomic E-state index is 6.51. The van der Waals surface area contributed by atoms with Crippen LogP contribution in [0.15, 0.2) is 150 Å². The SMILES string of the molecule is C1=C[N-]CC(n2c3ccccc3c3ccc4c(c5ccccc5n4-c4nc(-c5ccc6ccccc6c5)c5oc6ccccc6c5n4)c32)=C1. The zero-order valence-electron chi connectivity index (χ0n) is 26.2. The summed E-state index contributed by atoms with van der Waals surface area (Å²) in [5, 5.41) is 12.6. The normalized spacial score (nSPS) is 13.4. The van der Waals surface area contributed by atoms with Gasteiger partial charge >= 0.3 is 0 Å². The molecule has 49 heavy (non-hydrogen) atoms. The fourth-order valence-electron chi connectivity index (χ4n) is 7.79. The first-order chi connectivity index (χ1) is 24.3. The van der Waals surface area contributed by atoms with Crippen molar-refractivity contribution >= 4 is 82.2 Å². The molecule has 0 amide bonds. The lowest BCUT2D eigenvalue weighted by Gasteiger charge is -2.24. The molecular weight excluding hydrogens is 603 g/mol.